The van der Waals surface area contributed by atoms with Crippen LogP contribution < -0.4 is 5.56 Å². The highest BCUT2D eigenvalue weighted by atomic mass is 16.5. The van der Waals surface area contributed by atoms with Gasteiger partial charge in [0.05, 0.1) is 16.6 Å². The first kappa shape index (κ1) is 17.0. The van der Waals surface area contributed by atoms with Crippen molar-refractivity contribution in [2.24, 2.45) is 7.05 Å². The van der Waals surface area contributed by atoms with E-state index in [1.165, 1.54) is 9.08 Å². The number of fused-ring (bicyclic) bond motifs is 4. The van der Waals surface area contributed by atoms with E-state index in [2.05, 4.69) is 20.3 Å². The van der Waals surface area contributed by atoms with E-state index in [9.17, 15) is 9.59 Å². The van der Waals surface area contributed by atoms with Crippen molar-refractivity contribution in [3.63, 3.8) is 0 Å². The lowest BCUT2D eigenvalue weighted by molar-refractivity contribution is 0.0462. The Morgan fingerprint density at radius 3 is 2.86 bits per heavy atom. The smallest absolute Gasteiger partial charge is 0.344 e. The Kier molecular flexibility index (Phi) is 3.66. The van der Waals surface area contributed by atoms with Crippen LogP contribution in [-0.4, -0.2) is 39.7 Å². The molecule has 29 heavy (non-hydrogen) atoms. The van der Waals surface area contributed by atoms with E-state index in [4.69, 9.17) is 4.74 Å². The Bertz CT molecular complexity index is 1480. The van der Waals surface area contributed by atoms with Gasteiger partial charge in [0.15, 0.2) is 18.1 Å². The summed E-state index contributed by atoms with van der Waals surface area (Å²) in [4.78, 5) is 29.5. The van der Waals surface area contributed by atoms with Gasteiger partial charge in [-0.15, -0.1) is 10.2 Å². The zero-order valence-electron chi connectivity index (χ0n) is 15.6. The molecule has 0 atom stereocenters. The maximum atomic E-state index is 12.7. The molecule has 0 spiro atoms. The van der Waals surface area contributed by atoms with Gasteiger partial charge in [-0.3, -0.25) is 13.8 Å². The first-order valence-corrected chi connectivity index (χ1v) is 8.85. The summed E-state index contributed by atoms with van der Waals surface area (Å²) in [6.07, 6.45) is 3.30. The molecule has 5 aromatic rings. The van der Waals surface area contributed by atoms with E-state index in [0.717, 1.165) is 0 Å². The van der Waals surface area contributed by atoms with E-state index in [0.29, 0.717) is 39.4 Å². The fourth-order valence-corrected chi connectivity index (χ4v) is 3.42. The lowest BCUT2D eigenvalue weighted by atomic mass is 10.2. The minimum absolute atomic E-state index is 0.119. The molecule has 0 radical (unpaired) electrons. The summed E-state index contributed by atoms with van der Waals surface area (Å²) in [5, 5.41) is 13.0. The molecule has 4 aromatic heterocycles. The maximum absolute atomic E-state index is 12.7. The quantitative estimate of drug-likeness (QED) is 0.428. The second kappa shape index (κ2) is 6.23. The standard InChI is InChI=1S/C19H15N7O3/c1-11-15(16-20-8-5-9-25(16)23-11)18(28)29-10-14-21-22-19-24(2)17(27)12-6-3-4-7-13(12)26(14)19/h3-9H,10H2,1-2H3. The van der Waals surface area contributed by atoms with Gasteiger partial charge in [0.1, 0.15) is 5.56 Å². The van der Waals surface area contributed by atoms with Gasteiger partial charge in [0.2, 0.25) is 5.78 Å². The number of aryl methyl sites for hydroxylation is 2. The van der Waals surface area contributed by atoms with Crippen LogP contribution in [0.1, 0.15) is 21.9 Å². The van der Waals surface area contributed by atoms with Crippen molar-refractivity contribution in [2.45, 2.75) is 13.5 Å². The molecule has 0 saturated carbocycles. The molecule has 0 aliphatic rings. The molecule has 0 fully saturated rings. The maximum Gasteiger partial charge on any atom is 0.344 e. The molecule has 0 saturated heterocycles. The molecule has 0 N–H and O–H groups in total. The lowest BCUT2D eigenvalue weighted by Gasteiger charge is -2.08. The number of carbonyl (C=O) groups is 1. The minimum Gasteiger partial charge on any atom is -0.454 e. The molecule has 1 aromatic carbocycles. The van der Waals surface area contributed by atoms with E-state index < -0.39 is 5.97 Å². The Labute approximate surface area is 163 Å². The summed E-state index contributed by atoms with van der Waals surface area (Å²) in [6.45, 7) is 1.60. The van der Waals surface area contributed by atoms with Gasteiger partial charge in [-0.25, -0.2) is 14.3 Å². The molecule has 10 heteroatoms. The number of nitrogens with zero attached hydrogens (tertiary/aromatic N) is 7. The van der Waals surface area contributed by atoms with Crippen LogP contribution in [0, 0.1) is 6.92 Å². The second-order valence-corrected chi connectivity index (χ2v) is 6.56. The summed E-state index contributed by atoms with van der Waals surface area (Å²) in [6, 6.07) is 8.89. The van der Waals surface area contributed by atoms with Gasteiger partial charge in [-0.05, 0) is 25.1 Å². The second-order valence-electron chi connectivity index (χ2n) is 6.56. The molecule has 5 rings (SSSR count). The van der Waals surface area contributed by atoms with Crippen molar-refractivity contribution in [3.8, 4) is 0 Å². The molecule has 0 bridgehead atoms. The number of benzene rings is 1. The first-order valence-electron chi connectivity index (χ1n) is 8.85. The highest BCUT2D eigenvalue weighted by Gasteiger charge is 2.21. The highest BCUT2D eigenvalue weighted by molar-refractivity contribution is 5.97. The molecule has 0 unspecified atom stereocenters. The summed E-state index contributed by atoms with van der Waals surface area (Å²) in [5.74, 6) is 0.220. The zero-order valence-corrected chi connectivity index (χ0v) is 15.6. The van der Waals surface area contributed by atoms with Crippen LogP contribution >= 0.6 is 0 Å². The van der Waals surface area contributed by atoms with E-state index >= 15 is 0 Å². The van der Waals surface area contributed by atoms with E-state index in [1.54, 1.807) is 55.0 Å². The molecule has 0 aliphatic carbocycles. The summed E-state index contributed by atoms with van der Waals surface area (Å²) < 4.78 is 10.2. The largest absolute Gasteiger partial charge is 0.454 e. The van der Waals surface area contributed by atoms with Crippen LogP contribution in [0.4, 0.5) is 0 Å². The van der Waals surface area contributed by atoms with Gasteiger partial charge in [-0.1, -0.05) is 12.1 Å². The first-order chi connectivity index (χ1) is 14.1. The van der Waals surface area contributed by atoms with Crippen LogP contribution in [0.2, 0.25) is 0 Å². The van der Waals surface area contributed by atoms with Crippen molar-refractivity contribution in [3.05, 3.63) is 70.2 Å². The van der Waals surface area contributed by atoms with Crippen LogP contribution in [0.25, 0.3) is 22.3 Å². The molecular weight excluding hydrogens is 374 g/mol. The van der Waals surface area contributed by atoms with Crippen LogP contribution in [0.15, 0.2) is 47.5 Å². The lowest BCUT2D eigenvalue weighted by Crippen LogP contribution is -2.20. The Morgan fingerprint density at radius 2 is 2.00 bits per heavy atom. The van der Waals surface area contributed by atoms with Crippen molar-refractivity contribution in [1.82, 2.24) is 33.8 Å². The molecule has 144 valence electrons. The van der Waals surface area contributed by atoms with Gasteiger partial charge in [-0.2, -0.15) is 5.10 Å². The Balaban J connectivity index is 1.55. The average molecular weight is 389 g/mol. The monoisotopic (exact) mass is 389 g/mol. The van der Waals surface area contributed by atoms with Crippen molar-refractivity contribution in [2.75, 3.05) is 0 Å². The summed E-state index contributed by atoms with van der Waals surface area (Å²) in [5.41, 5.74) is 1.73. The third-order valence-electron chi connectivity index (χ3n) is 4.80. The summed E-state index contributed by atoms with van der Waals surface area (Å²) in [7, 11) is 1.63. The van der Waals surface area contributed by atoms with E-state index in [-0.39, 0.29) is 12.2 Å². The molecular formula is C19H15N7O3. The van der Waals surface area contributed by atoms with Crippen LogP contribution in [0.5, 0.6) is 0 Å². The van der Waals surface area contributed by atoms with Crippen molar-refractivity contribution >= 4 is 28.3 Å². The number of esters is 1. The number of rotatable bonds is 3. The fraction of sp³-hybridized carbons (Fsp3) is 0.158. The number of ether oxygens (including phenoxy) is 1. The number of aromatic nitrogens is 7. The third-order valence-corrected chi connectivity index (χ3v) is 4.80. The predicted molar refractivity (Wildman–Crippen MR) is 103 cm³/mol. The molecule has 10 nitrogen and oxygen atoms in total. The fourth-order valence-electron chi connectivity index (χ4n) is 3.42. The van der Waals surface area contributed by atoms with Crippen LogP contribution in [0.3, 0.4) is 0 Å². The van der Waals surface area contributed by atoms with Crippen molar-refractivity contribution < 1.29 is 9.53 Å². The molecule has 0 amide bonds. The Morgan fingerprint density at radius 1 is 1.17 bits per heavy atom. The Hall–Kier alpha value is -4.08. The number of hydrogen-bond acceptors (Lipinski definition) is 7. The number of carbonyl (C=O) groups excluding carboxylic acids is 1. The van der Waals surface area contributed by atoms with Gasteiger partial charge in [0.25, 0.3) is 5.56 Å². The molecule has 0 aliphatic heterocycles. The average Bonchev–Trinajstić information content (AvgIpc) is 3.30. The third kappa shape index (κ3) is 2.49. The zero-order chi connectivity index (χ0) is 20.1. The van der Waals surface area contributed by atoms with Gasteiger partial charge in [0, 0.05) is 19.4 Å². The normalized spacial score (nSPS) is 11.5. The van der Waals surface area contributed by atoms with Crippen molar-refractivity contribution in [1.29, 1.82) is 0 Å². The minimum atomic E-state index is -0.554. The topological polar surface area (TPSA) is 109 Å². The molecule has 4 heterocycles. The number of hydrogen-bond donors (Lipinski definition) is 0. The van der Waals surface area contributed by atoms with E-state index in [1.807, 2.05) is 6.07 Å². The van der Waals surface area contributed by atoms with Gasteiger partial charge < -0.3 is 4.74 Å². The SMILES string of the molecule is Cc1nn2cccnc2c1C(=O)OCc1nnc2n(C)c(=O)c3ccccc3n12. The summed E-state index contributed by atoms with van der Waals surface area (Å²) >= 11 is 0. The number of para-hydroxylation sites is 1. The predicted octanol–water partition coefficient (Wildman–Crippen LogP) is 1.29. The van der Waals surface area contributed by atoms with Crippen LogP contribution in [-0.2, 0) is 18.4 Å². The highest BCUT2D eigenvalue weighted by Crippen LogP contribution is 2.17. The van der Waals surface area contributed by atoms with Gasteiger partial charge >= 0.3 is 5.97 Å².